The van der Waals surface area contributed by atoms with Gasteiger partial charge < -0.3 is 5.32 Å². The molecule has 1 nitrogen and oxygen atoms in total. The SMILES string of the molecule is CC(C)NC(c1cccs1)C(C)C. The third-order valence-electron chi connectivity index (χ3n) is 2.03. The van der Waals surface area contributed by atoms with Crippen molar-refractivity contribution in [2.45, 2.75) is 39.8 Å². The third kappa shape index (κ3) is 3.12. The summed E-state index contributed by atoms with van der Waals surface area (Å²) >= 11 is 1.84. The maximum absolute atomic E-state index is 3.59. The second-order valence-corrected chi connectivity index (χ2v) is 5.04. The smallest absolute Gasteiger partial charge is 0.0440 e. The summed E-state index contributed by atoms with van der Waals surface area (Å²) in [4.78, 5) is 1.45. The summed E-state index contributed by atoms with van der Waals surface area (Å²) in [6.07, 6.45) is 0. The molecule has 1 rings (SSSR count). The molecule has 0 saturated carbocycles. The Kier molecular flexibility index (Phi) is 3.94. The number of thiophene rings is 1. The normalized spacial score (nSPS) is 14.0. The monoisotopic (exact) mass is 197 g/mol. The minimum absolute atomic E-state index is 0.514. The van der Waals surface area contributed by atoms with E-state index in [-0.39, 0.29) is 0 Å². The fourth-order valence-corrected chi connectivity index (χ4v) is 2.39. The van der Waals surface area contributed by atoms with Crippen molar-refractivity contribution in [3.05, 3.63) is 22.4 Å². The lowest BCUT2D eigenvalue weighted by Crippen LogP contribution is -2.30. The van der Waals surface area contributed by atoms with Crippen LogP contribution in [-0.2, 0) is 0 Å². The van der Waals surface area contributed by atoms with Crippen LogP contribution in [0.3, 0.4) is 0 Å². The van der Waals surface area contributed by atoms with Gasteiger partial charge in [0.15, 0.2) is 0 Å². The molecule has 1 heterocycles. The first-order chi connectivity index (χ1) is 6.11. The average molecular weight is 197 g/mol. The Bertz CT molecular complexity index is 226. The standard InChI is InChI=1S/C11H19NS/c1-8(2)11(12-9(3)4)10-6-5-7-13-10/h5-9,11-12H,1-4H3. The van der Waals surface area contributed by atoms with Crippen LogP contribution in [0.1, 0.15) is 38.6 Å². The van der Waals surface area contributed by atoms with Crippen molar-refractivity contribution in [3.8, 4) is 0 Å². The second-order valence-electron chi connectivity index (χ2n) is 4.06. The zero-order valence-corrected chi connectivity index (χ0v) is 9.69. The van der Waals surface area contributed by atoms with E-state index in [0.717, 1.165) is 0 Å². The van der Waals surface area contributed by atoms with Gasteiger partial charge in [0.2, 0.25) is 0 Å². The Labute approximate surface area is 85.2 Å². The van der Waals surface area contributed by atoms with E-state index in [0.29, 0.717) is 18.0 Å². The predicted molar refractivity (Wildman–Crippen MR) is 60.2 cm³/mol. The fourth-order valence-electron chi connectivity index (χ4n) is 1.43. The van der Waals surface area contributed by atoms with Gasteiger partial charge in [0.1, 0.15) is 0 Å². The van der Waals surface area contributed by atoms with Gasteiger partial charge in [-0.3, -0.25) is 0 Å². The molecule has 0 saturated heterocycles. The zero-order chi connectivity index (χ0) is 9.84. The largest absolute Gasteiger partial charge is 0.307 e. The van der Waals surface area contributed by atoms with Crippen LogP contribution in [-0.4, -0.2) is 6.04 Å². The Morgan fingerprint density at radius 1 is 1.23 bits per heavy atom. The molecular formula is C11H19NS. The van der Waals surface area contributed by atoms with E-state index in [2.05, 4.69) is 50.5 Å². The second kappa shape index (κ2) is 4.77. The average Bonchev–Trinajstić information content (AvgIpc) is 2.50. The topological polar surface area (TPSA) is 12.0 Å². The third-order valence-corrected chi connectivity index (χ3v) is 2.98. The molecule has 0 bridgehead atoms. The summed E-state index contributed by atoms with van der Waals surface area (Å²) < 4.78 is 0. The maximum atomic E-state index is 3.59. The van der Waals surface area contributed by atoms with Crippen LogP contribution in [0.2, 0.25) is 0 Å². The van der Waals surface area contributed by atoms with Gasteiger partial charge in [-0.1, -0.05) is 33.8 Å². The number of nitrogens with one attached hydrogen (secondary N) is 1. The van der Waals surface area contributed by atoms with Gasteiger partial charge in [-0.25, -0.2) is 0 Å². The molecule has 0 radical (unpaired) electrons. The molecule has 2 heteroatoms. The molecule has 13 heavy (non-hydrogen) atoms. The van der Waals surface area contributed by atoms with E-state index in [1.54, 1.807) is 0 Å². The van der Waals surface area contributed by atoms with Gasteiger partial charge in [0.05, 0.1) is 0 Å². The van der Waals surface area contributed by atoms with Crippen LogP contribution in [0.5, 0.6) is 0 Å². The summed E-state index contributed by atoms with van der Waals surface area (Å²) in [7, 11) is 0. The summed E-state index contributed by atoms with van der Waals surface area (Å²) in [5, 5.41) is 5.74. The fraction of sp³-hybridized carbons (Fsp3) is 0.636. The molecule has 0 aliphatic heterocycles. The van der Waals surface area contributed by atoms with Crippen LogP contribution in [0.15, 0.2) is 17.5 Å². The summed E-state index contributed by atoms with van der Waals surface area (Å²) in [5.41, 5.74) is 0. The van der Waals surface area contributed by atoms with Crippen molar-refractivity contribution in [3.63, 3.8) is 0 Å². The highest BCUT2D eigenvalue weighted by molar-refractivity contribution is 7.10. The molecule has 0 spiro atoms. The molecule has 1 unspecified atom stereocenters. The van der Waals surface area contributed by atoms with Gasteiger partial charge >= 0.3 is 0 Å². The van der Waals surface area contributed by atoms with Crippen molar-refractivity contribution in [1.82, 2.24) is 5.32 Å². The van der Waals surface area contributed by atoms with E-state index in [9.17, 15) is 0 Å². The highest BCUT2D eigenvalue weighted by Crippen LogP contribution is 2.25. The molecule has 1 N–H and O–H groups in total. The summed E-state index contributed by atoms with van der Waals surface area (Å²) in [5.74, 6) is 0.654. The first kappa shape index (κ1) is 10.7. The van der Waals surface area contributed by atoms with Crippen molar-refractivity contribution >= 4 is 11.3 Å². The molecule has 0 fully saturated rings. The van der Waals surface area contributed by atoms with E-state index in [4.69, 9.17) is 0 Å². The molecule has 1 atom stereocenters. The molecule has 74 valence electrons. The minimum Gasteiger partial charge on any atom is -0.307 e. The lowest BCUT2D eigenvalue weighted by atomic mass is 10.0. The van der Waals surface area contributed by atoms with Crippen molar-refractivity contribution in [1.29, 1.82) is 0 Å². The lowest BCUT2D eigenvalue weighted by Gasteiger charge is -2.23. The van der Waals surface area contributed by atoms with Gasteiger partial charge in [-0.15, -0.1) is 11.3 Å². The Balaban J connectivity index is 2.69. The van der Waals surface area contributed by atoms with E-state index >= 15 is 0 Å². The number of hydrogen-bond acceptors (Lipinski definition) is 2. The molecule has 0 aliphatic carbocycles. The van der Waals surface area contributed by atoms with Crippen LogP contribution in [0.25, 0.3) is 0 Å². The highest BCUT2D eigenvalue weighted by Gasteiger charge is 2.16. The Morgan fingerprint density at radius 2 is 1.92 bits per heavy atom. The van der Waals surface area contributed by atoms with Gasteiger partial charge in [-0.05, 0) is 17.4 Å². The molecule has 0 aliphatic rings. The zero-order valence-electron chi connectivity index (χ0n) is 8.87. The first-order valence-corrected chi connectivity index (χ1v) is 5.78. The van der Waals surface area contributed by atoms with Crippen molar-refractivity contribution < 1.29 is 0 Å². The predicted octanol–water partition coefficient (Wildman–Crippen LogP) is 3.44. The van der Waals surface area contributed by atoms with Crippen LogP contribution >= 0.6 is 11.3 Å². The molecular weight excluding hydrogens is 178 g/mol. The van der Waals surface area contributed by atoms with Crippen LogP contribution in [0.4, 0.5) is 0 Å². The van der Waals surface area contributed by atoms with E-state index in [1.165, 1.54) is 4.88 Å². The molecule has 1 aromatic heterocycles. The van der Waals surface area contributed by atoms with E-state index < -0.39 is 0 Å². The molecule has 1 aromatic rings. The highest BCUT2D eigenvalue weighted by atomic mass is 32.1. The Morgan fingerprint density at radius 3 is 2.31 bits per heavy atom. The van der Waals surface area contributed by atoms with Crippen molar-refractivity contribution in [2.75, 3.05) is 0 Å². The quantitative estimate of drug-likeness (QED) is 0.779. The summed E-state index contributed by atoms with van der Waals surface area (Å²) in [6.45, 7) is 8.92. The Hall–Kier alpha value is -0.340. The minimum atomic E-state index is 0.514. The lowest BCUT2D eigenvalue weighted by molar-refractivity contribution is 0.386. The summed E-state index contributed by atoms with van der Waals surface area (Å²) in [6, 6.07) is 5.40. The van der Waals surface area contributed by atoms with E-state index in [1.807, 2.05) is 11.3 Å². The van der Waals surface area contributed by atoms with Crippen LogP contribution < -0.4 is 5.32 Å². The maximum Gasteiger partial charge on any atom is 0.0440 e. The van der Waals surface area contributed by atoms with Gasteiger partial charge in [-0.2, -0.15) is 0 Å². The number of hydrogen-bond donors (Lipinski definition) is 1. The first-order valence-electron chi connectivity index (χ1n) is 4.90. The van der Waals surface area contributed by atoms with Gasteiger partial charge in [0, 0.05) is 17.0 Å². The van der Waals surface area contributed by atoms with Crippen LogP contribution in [0, 0.1) is 5.92 Å². The molecule has 0 aromatic carbocycles. The van der Waals surface area contributed by atoms with Crippen molar-refractivity contribution in [2.24, 2.45) is 5.92 Å². The molecule has 0 amide bonds. The van der Waals surface area contributed by atoms with Gasteiger partial charge in [0.25, 0.3) is 0 Å². The number of rotatable bonds is 4.